The molecule has 3 aromatic rings. The highest BCUT2D eigenvalue weighted by molar-refractivity contribution is 7.12. The minimum Gasteiger partial charge on any atom is -0.496 e. The molecule has 0 spiro atoms. The largest absolute Gasteiger partial charge is 0.496 e. The number of para-hydroxylation sites is 1. The van der Waals surface area contributed by atoms with E-state index in [1.807, 2.05) is 18.3 Å². The van der Waals surface area contributed by atoms with Crippen LogP contribution in [0.3, 0.4) is 0 Å². The maximum atomic E-state index is 14.5. The second-order valence-corrected chi connectivity index (χ2v) is 13.1. The van der Waals surface area contributed by atoms with Crippen molar-refractivity contribution in [2.75, 3.05) is 26.8 Å². The van der Waals surface area contributed by atoms with Crippen molar-refractivity contribution in [2.45, 2.75) is 63.7 Å². The van der Waals surface area contributed by atoms with Crippen molar-refractivity contribution in [1.29, 1.82) is 0 Å². The Morgan fingerprint density at radius 3 is 2.69 bits per heavy atom. The van der Waals surface area contributed by atoms with E-state index in [1.54, 1.807) is 36.6 Å². The van der Waals surface area contributed by atoms with Gasteiger partial charge in [-0.05, 0) is 67.5 Å². The number of nitrogens with zero attached hydrogens (tertiary/aromatic N) is 2. The van der Waals surface area contributed by atoms with E-state index < -0.39 is 0 Å². The highest BCUT2D eigenvalue weighted by Crippen LogP contribution is 2.39. The van der Waals surface area contributed by atoms with Crippen LogP contribution in [0.1, 0.15) is 46.7 Å². The maximum Gasteiger partial charge on any atom is 0.252 e. The lowest BCUT2D eigenvalue weighted by molar-refractivity contribution is -0.128. The molecule has 10 heteroatoms. The summed E-state index contributed by atoms with van der Waals surface area (Å²) in [5.74, 6) is 1.51. The van der Waals surface area contributed by atoms with Gasteiger partial charge in [-0.2, -0.15) is 0 Å². The number of thiazole rings is 1. The number of halogens is 2. The molecule has 2 aliphatic heterocycles. The van der Waals surface area contributed by atoms with Crippen LogP contribution in [0, 0.1) is 6.92 Å². The fourth-order valence-electron chi connectivity index (χ4n) is 5.93. The third-order valence-corrected chi connectivity index (χ3v) is 10.00. The number of methoxy groups -OCH3 is 1. The number of aromatic nitrogens is 1. The van der Waals surface area contributed by atoms with E-state index in [4.69, 9.17) is 37.7 Å². The van der Waals surface area contributed by atoms with Gasteiger partial charge >= 0.3 is 0 Å². The number of benzene rings is 2. The SMILES string of the molecule is COc1cccc(CN(C(=O)C2=C(c3cnc(CCCOc4c(Cl)cccc4Cl)s3)C[C@@H]3CNC[C@H]2N3)C2CC2)c1C. The Labute approximate surface area is 261 Å². The highest BCUT2D eigenvalue weighted by Gasteiger charge is 2.41. The third-order valence-electron chi connectivity index (χ3n) is 8.29. The standard InChI is InChI=1S/C32H36Cl2N4O3S/c1-19-20(6-3-9-27(19)40-2)18-38(22-11-12-22)32(39)30-23(14-21-15-35-16-26(30)37-21)28-17-36-29(42-28)10-5-13-41-31-24(33)7-4-8-25(31)34/h3-4,6-9,17,21-22,26,35,37H,5,10-16,18H2,1-2H3/t21-,26-/m1/s1. The maximum absolute atomic E-state index is 14.5. The molecule has 222 valence electrons. The molecule has 1 aliphatic carbocycles. The van der Waals surface area contributed by atoms with Crippen LogP contribution >= 0.6 is 34.5 Å². The molecule has 2 bridgehead atoms. The normalized spacial score (nSPS) is 20.0. The van der Waals surface area contributed by atoms with Gasteiger partial charge in [0.25, 0.3) is 5.91 Å². The Balaban J connectivity index is 1.22. The molecule has 1 amide bonds. The van der Waals surface area contributed by atoms with Gasteiger partial charge in [0.15, 0.2) is 5.75 Å². The van der Waals surface area contributed by atoms with Gasteiger partial charge in [0.1, 0.15) is 5.75 Å². The van der Waals surface area contributed by atoms with Crippen LogP contribution in [0.25, 0.3) is 5.57 Å². The molecule has 42 heavy (non-hydrogen) atoms. The zero-order valence-electron chi connectivity index (χ0n) is 23.9. The van der Waals surface area contributed by atoms with Crippen LogP contribution in [0.5, 0.6) is 11.5 Å². The average molecular weight is 628 g/mol. The lowest BCUT2D eigenvalue weighted by Gasteiger charge is -2.40. The topological polar surface area (TPSA) is 75.7 Å². The molecule has 2 atom stereocenters. The molecule has 3 aliphatic rings. The summed E-state index contributed by atoms with van der Waals surface area (Å²) in [5.41, 5.74) is 4.24. The summed E-state index contributed by atoms with van der Waals surface area (Å²) in [5, 5.41) is 9.31. The van der Waals surface area contributed by atoms with E-state index in [-0.39, 0.29) is 18.0 Å². The number of nitrogens with one attached hydrogen (secondary N) is 2. The molecule has 2 N–H and O–H groups in total. The first-order chi connectivity index (χ1) is 20.4. The number of hydrogen-bond acceptors (Lipinski definition) is 7. The number of carbonyl (C=O) groups excluding carboxylic acids is 1. The molecule has 2 fully saturated rings. The zero-order chi connectivity index (χ0) is 29.2. The number of carbonyl (C=O) groups is 1. The Hall–Kier alpha value is -2.62. The van der Waals surface area contributed by atoms with Gasteiger partial charge in [0.05, 0.1) is 39.7 Å². The number of hydrogen-bond donors (Lipinski definition) is 2. The summed E-state index contributed by atoms with van der Waals surface area (Å²) < 4.78 is 11.4. The van der Waals surface area contributed by atoms with Crippen LogP contribution in [0.2, 0.25) is 10.0 Å². The van der Waals surface area contributed by atoms with Gasteiger partial charge in [-0.1, -0.05) is 41.4 Å². The summed E-state index contributed by atoms with van der Waals surface area (Å²) >= 11 is 14.2. The van der Waals surface area contributed by atoms with E-state index in [2.05, 4.69) is 28.5 Å². The van der Waals surface area contributed by atoms with Crippen LogP contribution in [-0.4, -0.2) is 60.7 Å². The third kappa shape index (κ3) is 6.33. The van der Waals surface area contributed by atoms with E-state index in [9.17, 15) is 4.79 Å². The van der Waals surface area contributed by atoms with E-state index in [0.29, 0.717) is 35.0 Å². The van der Waals surface area contributed by atoms with Gasteiger partial charge in [0.2, 0.25) is 0 Å². The number of piperazine rings is 1. The Kier molecular flexibility index (Phi) is 9.07. The predicted octanol–water partition coefficient (Wildman–Crippen LogP) is 6.06. The smallest absolute Gasteiger partial charge is 0.252 e. The average Bonchev–Trinajstić information content (AvgIpc) is 3.72. The molecule has 0 unspecified atom stereocenters. The van der Waals surface area contributed by atoms with Gasteiger partial charge < -0.3 is 25.0 Å². The summed E-state index contributed by atoms with van der Waals surface area (Å²) in [6.45, 7) is 4.77. The van der Waals surface area contributed by atoms with E-state index in [1.165, 1.54) is 0 Å². The van der Waals surface area contributed by atoms with Crippen molar-refractivity contribution in [2.24, 2.45) is 0 Å². The van der Waals surface area contributed by atoms with Crippen molar-refractivity contribution >= 4 is 46.0 Å². The van der Waals surface area contributed by atoms with E-state index in [0.717, 1.165) is 83.1 Å². The first kappa shape index (κ1) is 29.5. The fourth-order valence-corrected chi connectivity index (χ4v) is 7.46. The molecule has 1 saturated carbocycles. The monoisotopic (exact) mass is 626 g/mol. The molecular weight excluding hydrogens is 591 g/mol. The molecule has 0 radical (unpaired) electrons. The molecular formula is C32H36Cl2N4O3S. The molecule has 1 saturated heterocycles. The Morgan fingerprint density at radius 1 is 1.14 bits per heavy atom. The number of ether oxygens (including phenoxy) is 2. The molecule has 1 aromatic heterocycles. The van der Waals surface area contributed by atoms with Crippen LogP contribution < -0.4 is 20.1 Å². The highest BCUT2D eigenvalue weighted by atomic mass is 35.5. The number of fused-ring (bicyclic) bond motifs is 2. The number of rotatable bonds is 11. The minimum atomic E-state index is -0.0213. The van der Waals surface area contributed by atoms with Crippen molar-refractivity contribution in [3.05, 3.63) is 79.2 Å². The van der Waals surface area contributed by atoms with Gasteiger partial charge in [0, 0.05) is 49.9 Å². The lowest BCUT2D eigenvalue weighted by atomic mass is 9.86. The molecule has 7 nitrogen and oxygen atoms in total. The predicted molar refractivity (Wildman–Crippen MR) is 169 cm³/mol. The second-order valence-electron chi connectivity index (χ2n) is 11.2. The number of amides is 1. The van der Waals surface area contributed by atoms with Crippen LogP contribution in [0.4, 0.5) is 0 Å². The van der Waals surface area contributed by atoms with Crippen LogP contribution in [-0.2, 0) is 17.8 Å². The summed E-state index contributed by atoms with van der Waals surface area (Å²) in [7, 11) is 1.69. The van der Waals surface area contributed by atoms with Crippen molar-refractivity contribution in [1.82, 2.24) is 20.5 Å². The summed E-state index contributed by atoms with van der Waals surface area (Å²) in [6.07, 6.45) is 6.41. The van der Waals surface area contributed by atoms with Crippen LogP contribution in [0.15, 0.2) is 48.2 Å². The summed E-state index contributed by atoms with van der Waals surface area (Å²) in [4.78, 5) is 22.4. The fraction of sp³-hybridized carbons (Fsp3) is 0.438. The molecule has 3 heterocycles. The Bertz CT molecular complexity index is 1470. The minimum absolute atomic E-state index is 0.0213. The van der Waals surface area contributed by atoms with Gasteiger partial charge in [-0.15, -0.1) is 11.3 Å². The van der Waals surface area contributed by atoms with Crippen molar-refractivity contribution in [3.8, 4) is 11.5 Å². The molecule has 6 rings (SSSR count). The van der Waals surface area contributed by atoms with Crippen molar-refractivity contribution < 1.29 is 14.3 Å². The number of aryl methyl sites for hydroxylation is 1. The quantitative estimate of drug-likeness (QED) is 0.252. The second kappa shape index (κ2) is 12.9. The van der Waals surface area contributed by atoms with Gasteiger partial charge in [-0.3, -0.25) is 4.79 Å². The van der Waals surface area contributed by atoms with E-state index >= 15 is 0 Å². The molecule has 2 aromatic carbocycles. The summed E-state index contributed by atoms with van der Waals surface area (Å²) in [6, 6.07) is 12.0. The van der Waals surface area contributed by atoms with Crippen molar-refractivity contribution in [3.63, 3.8) is 0 Å². The Morgan fingerprint density at radius 2 is 1.93 bits per heavy atom. The first-order valence-electron chi connectivity index (χ1n) is 14.6. The zero-order valence-corrected chi connectivity index (χ0v) is 26.2. The lowest BCUT2D eigenvalue weighted by Crippen LogP contribution is -2.59. The first-order valence-corrected chi connectivity index (χ1v) is 16.1. The van der Waals surface area contributed by atoms with Gasteiger partial charge in [-0.25, -0.2) is 4.98 Å².